The SMILES string of the molecule is c1ccc(-c2ccccc2-c2cc(-c3ccc4c(c3)c3ccccc3n4-c3cccc(-n4c5ccccc5c5ccccc54)c3)cc(-n3c4ccccc4c4ccccc43)c2)cc1. The molecular weight excluding hydrogens is 763 g/mol. The van der Waals surface area contributed by atoms with E-state index in [1.165, 1.54) is 98.8 Å². The Bertz CT molecular complexity index is 3810. The Morgan fingerprint density at radius 2 is 0.587 bits per heavy atom. The molecule has 13 rings (SSSR count). The molecule has 3 heteroatoms. The summed E-state index contributed by atoms with van der Waals surface area (Å²) in [5.74, 6) is 0. The lowest BCUT2D eigenvalue weighted by Gasteiger charge is -2.16. The molecule has 3 nitrogen and oxygen atoms in total. The number of rotatable bonds is 6. The molecule has 0 unspecified atom stereocenters. The van der Waals surface area contributed by atoms with Gasteiger partial charge in [-0.1, -0.05) is 158 Å². The van der Waals surface area contributed by atoms with E-state index < -0.39 is 0 Å². The summed E-state index contributed by atoms with van der Waals surface area (Å²) in [6.45, 7) is 0. The van der Waals surface area contributed by atoms with Crippen molar-refractivity contribution >= 4 is 65.4 Å². The molecule has 3 aromatic heterocycles. The lowest BCUT2D eigenvalue weighted by molar-refractivity contribution is 1.13. The number of aromatic nitrogens is 3. The van der Waals surface area contributed by atoms with E-state index in [-0.39, 0.29) is 0 Å². The molecule has 0 aliphatic rings. The molecule has 294 valence electrons. The van der Waals surface area contributed by atoms with Crippen LogP contribution in [0.5, 0.6) is 0 Å². The van der Waals surface area contributed by atoms with E-state index in [1.54, 1.807) is 0 Å². The second-order valence-electron chi connectivity index (χ2n) is 16.5. The second-order valence-corrected chi connectivity index (χ2v) is 16.5. The fraction of sp³-hybridized carbons (Fsp3) is 0. The van der Waals surface area contributed by atoms with Crippen molar-refractivity contribution in [1.82, 2.24) is 13.7 Å². The monoisotopic (exact) mass is 801 g/mol. The van der Waals surface area contributed by atoms with Gasteiger partial charge >= 0.3 is 0 Å². The predicted octanol–water partition coefficient (Wildman–Crippen LogP) is 16.0. The van der Waals surface area contributed by atoms with E-state index >= 15 is 0 Å². The molecule has 0 aliphatic heterocycles. The molecule has 0 aliphatic carbocycles. The minimum absolute atomic E-state index is 1.13. The van der Waals surface area contributed by atoms with Crippen molar-refractivity contribution in [3.63, 3.8) is 0 Å². The maximum atomic E-state index is 2.44. The van der Waals surface area contributed by atoms with Crippen molar-refractivity contribution in [2.75, 3.05) is 0 Å². The van der Waals surface area contributed by atoms with Crippen LogP contribution in [0.15, 0.2) is 237 Å². The van der Waals surface area contributed by atoms with Crippen LogP contribution < -0.4 is 0 Å². The molecule has 0 fully saturated rings. The quantitative estimate of drug-likeness (QED) is 0.159. The van der Waals surface area contributed by atoms with Crippen LogP contribution in [0.1, 0.15) is 0 Å². The highest BCUT2D eigenvalue weighted by molar-refractivity contribution is 6.12. The fourth-order valence-electron chi connectivity index (χ4n) is 10.3. The Morgan fingerprint density at radius 1 is 0.190 bits per heavy atom. The fourth-order valence-corrected chi connectivity index (χ4v) is 10.3. The van der Waals surface area contributed by atoms with E-state index in [4.69, 9.17) is 0 Å². The van der Waals surface area contributed by atoms with E-state index in [9.17, 15) is 0 Å². The van der Waals surface area contributed by atoms with Crippen molar-refractivity contribution in [3.8, 4) is 50.4 Å². The maximum absolute atomic E-state index is 2.44. The van der Waals surface area contributed by atoms with Gasteiger partial charge in [-0.15, -0.1) is 0 Å². The molecule has 13 aromatic rings. The lowest BCUT2D eigenvalue weighted by Crippen LogP contribution is -1.98. The molecule has 10 aromatic carbocycles. The Labute approximate surface area is 364 Å². The van der Waals surface area contributed by atoms with E-state index in [1.807, 2.05) is 0 Å². The van der Waals surface area contributed by atoms with Gasteiger partial charge in [0.2, 0.25) is 0 Å². The van der Waals surface area contributed by atoms with Crippen LogP contribution in [-0.4, -0.2) is 13.7 Å². The smallest absolute Gasteiger partial charge is 0.0541 e. The topological polar surface area (TPSA) is 14.8 Å². The third-order valence-corrected chi connectivity index (χ3v) is 13.0. The molecule has 63 heavy (non-hydrogen) atoms. The Morgan fingerprint density at radius 3 is 1.11 bits per heavy atom. The summed E-state index contributed by atoms with van der Waals surface area (Å²) in [5, 5.41) is 7.47. The van der Waals surface area contributed by atoms with Gasteiger partial charge in [-0.25, -0.2) is 0 Å². The first-order valence-electron chi connectivity index (χ1n) is 21.7. The number of benzene rings is 10. The molecule has 0 atom stereocenters. The van der Waals surface area contributed by atoms with Gasteiger partial charge in [-0.3, -0.25) is 0 Å². The summed E-state index contributed by atoms with van der Waals surface area (Å²) < 4.78 is 7.27. The van der Waals surface area contributed by atoms with Crippen molar-refractivity contribution in [3.05, 3.63) is 237 Å². The average Bonchev–Trinajstić information content (AvgIpc) is 4.00. The lowest BCUT2D eigenvalue weighted by atomic mass is 9.92. The highest BCUT2D eigenvalue weighted by Gasteiger charge is 2.19. The van der Waals surface area contributed by atoms with E-state index in [2.05, 4.69) is 250 Å². The van der Waals surface area contributed by atoms with Crippen LogP contribution in [0.3, 0.4) is 0 Å². The Hall–Kier alpha value is -8.40. The molecule has 0 radical (unpaired) electrons. The minimum atomic E-state index is 1.13. The Kier molecular flexibility index (Phi) is 7.91. The number of nitrogens with zero attached hydrogens (tertiary/aromatic N) is 3. The first-order valence-corrected chi connectivity index (χ1v) is 21.7. The van der Waals surface area contributed by atoms with Gasteiger partial charge in [-0.05, 0) is 112 Å². The predicted molar refractivity (Wildman–Crippen MR) is 266 cm³/mol. The van der Waals surface area contributed by atoms with Gasteiger partial charge in [-0.2, -0.15) is 0 Å². The second kappa shape index (κ2) is 14.1. The van der Waals surface area contributed by atoms with Gasteiger partial charge in [0.25, 0.3) is 0 Å². The zero-order chi connectivity index (χ0) is 41.4. The zero-order valence-electron chi connectivity index (χ0n) is 34.4. The van der Waals surface area contributed by atoms with Gasteiger partial charge < -0.3 is 13.7 Å². The average molecular weight is 802 g/mol. The van der Waals surface area contributed by atoms with Gasteiger partial charge in [0.15, 0.2) is 0 Å². The van der Waals surface area contributed by atoms with E-state index in [0.29, 0.717) is 0 Å². The summed E-state index contributed by atoms with van der Waals surface area (Å²) in [7, 11) is 0. The van der Waals surface area contributed by atoms with Crippen molar-refractivity contribution in [2.24, 2.45) is 0 Å². The molecule has 0 saturated heterocycles. The van der Waals surface area contributed by atoms with Crippen molar-refractivity contribution < 1.29 is 0 Å². The van der Waals surface area contributed by atoms with E-state index in [0.717, 1.165) is 17.1 Å². The number of para-hydroxylation sites is 5. The normalized spacial score (nSPS) is 11.8. The maximum Gasteiger partial charge on any atom is 0.0541 e. The zero-order valence-corrected chi connectivity index (χ0v) is 34.4. The molecule has 3 heterocycles. The van der Waals surface area contributed by atoms with Crippen LogP contribution in [0.4, 0.5) is 0 Å². The largest absolute Gasteiger partial charge is 0.309 e. The van der Waals surface area contributed by atoms with Crippen LogP contribution >= 0.6 is 0 Å². The highest BCUT2D eigenvalue weighted by atomic mass is 15.0. The molecule has 0 amide bonds. The number of hydrogen-bond donors (Lipinski definition) is 0. The summed E-state index contributed by atoms with van der Waals surface area (Å²) in [6.07, 6.45) is 0. The molecule has 0 saturated carbocycles. The first-order chi connectivity index (χ1) is 31.3. The summed E-state index contributed by atoms with van der Waals surface area (Å²) in [5.41, 5.74) is 17.7. The molecule has 0 spiro atoms. The molecular formula is C60H39N3. The third-order valence-electron chi connectivity index (χ3n) is 13.0. The standard InChI is InChI=1S/C60H39N3/c1-2-17-40(18-3-1)47-21-4-5-22-48(47)43-35-42(36-46(37-43)63-57-30-13-8-25-51(57)52-26-9-14-31-58(52)63)41-33-34-60-54(38-41)53-27-10-15-32-59(53)62(60)45-20-16-19-44(39-45)61-55-28-11-6-23-49(55)50-24-7-12-29-56(50)61/h1-39H. The van der Waals surface area contributed by atoms with Crippen LogP contribution in [0.25, 0.3) is 116 Å². The van der Waals surface area contributed by atoms with Crippen LogP contribution in [-0.2, 0) is 0 Å². The number of fused-ring (bicyclic) bond motifs is 9. The highest BCUT2D eigenvalue weighted by Crippen LogP contribution is 2.41. The Balaban J connectivity index is 1.03. The summed E-state index contributed by atoms with van der Waals surface area (Å²) >= 11 is 0. The summed E-state index contributed by atoms with van der Waals surface area (Å²) in [6, 6.07) is 86.6. The molecule has 0 bridgehead atoms. The summed E-state index contributed by atoms with van der Waals surface area (Å²) in [4.78, 5) is 0. The van der Waals surface area contributed by atoms with Crippen molar-refractivity contribution in [2.45, 2.75) is 0 Å². The van der Waals surface area contributed by atoms with Crippen molar-refractivity contribution in [1.29, 1.82) is 0 Å². The van der Waals surface area contributed by atoms with Gasteiger partial charge in [0.05, 0.1) is 33.1 Å². The van der Waals surface area contributed by atoms with Gasteiger partial charge in [0.1, 0.15) is 0 Å². The van der Waals surface area contributed by atoms with Gasteiger partial charge in [0, 0.05) is 49.4 Å². The third kappa shape index (κ3) is 5.53. The van der Waals surface area contributed by atoms with Crippen LogP contribution in [0.2, 0.25) is 0 Å². The molecule has 0 N–H and O–H groups in total. The number of hydrogen-bond acceptors (Lipinski definition) is 0. The van der Waals surface area contributed by atoms with Crippen LogP contribution in [0, 0.1) is 0 Å². The minimum Gasteiger partial charge on any atom is -0.309 e. The first kappa shape index (κ1) is 35.4.